The maximum atomic E-state index is 5.69. The molecule has 1 aliphatic carbocycles. The van der Waals surface area contributed by atoms with Crippen LogP contribution in [0.2, 0.25) is 0 Å². The van der Waals surface area contributed by atoms with Crippen LogP contribution in [0.5, 0.6) is 0 Å². The van der Waals surface area contributed by atoms with E-state index in [1.165, 1.54) is 36.8 Å². The Labute approximate surface area is 123 Å². The molecule has 0 aliphatic heterocycles. The summed E-state index contributed by atoms with van der Waals surface area (Å²) >= 11 is 0. The molecule has 1 unspecified atom stereocenters. The molecule has 0 saturated heterocycles. The lowest BCUT2D eigenvalue weighted by Crippen LogP contribution is -2.25. The van der Waals surface area contributed by atoms with Crippen LogP contribution in [0, 0.1) is 5.92 Å². The average Bonchev–Trinajstić information content (AvgIpc) is 2.65. The van der Waals surface area contributed by atoms with Gasteiger partial charge in [0.1, 0.15) is 0 Å². The molecule has 0 spiro atoms. The fraction of sp³-hybridized carbons (Fsp3) is 0.667. The zero-order valence-corrected chi connectivity index (χ0v) is 13.0. The van der Waals surface area contributed by atoms with Gasteiger partial charge in [0.25, 0.3) is 0 Å². The molecule has 0 fully saturated rings. The summed E-state index contributed by atoms with van der Waals surface area (Å²) in [6.07, 6.45) is 6.29. The highest BCUT2D eigenvalue weighted by atomic mass is 16.5. The van der Waals surface area contributed by atoms with Gasteiger partial charge >= 0.3 is 0 Å². The van der Waals surface area contributed by atoms with Crippen molar-refractivity contribution >= 4 is 0 Å². The van der Waals surface area contributed by atoms with Gasteiger partial charge in [-0.25, -0.2) is 0 Å². The smallest absolute Gasteiger partial charge is 0.0591 e. The highest BCUT2D eigenvalue weighted by Gasteiger charge is 2.17. The number of ether oxygens (including phenoxy) is 1. The quantitative estimate of drug-likeness (QED) is 0.597. The Bertz CT molecular complexity index is 389. The van der Waals surface area contributed by atoms with E-state index in [1.54, 1.807) is 0 Å². The third-order valence-corrected chi connectivity index (χ3v) is 4.10. The SMILES string of the molecule is CC(C)CCOCCNC1CCCCc2ccccc21. The molecule has 1 aromatic rings. The van der Waals surface area contributed by atoms with Crippen molar-refractivity contribution in [3.05, 3.63) is 35.4 Å². The summed E-state index contributed by atoms with van der Waals surface area (Å²) in [4.78, 5) is 0. The highest BCUT2D eigenvalue weighted by molar-refractivity contribution is 5.31. The minimum absolute atomic E-state index is 0.516. The molecule has 0 bridgehead atoms. The van der Waals surface area contributed by atoms with Crippen LogP contribution in [0.25, 0.3) is 0 Å². The number of fused-ring (bicyclic) bond motifs is 1. The molecule has 0 heterocycles. The van der Waals surface area contributed by atoms with E-state index in [0.717, 1.165) is 32.1 Å². The van der Waals surface area contributed by atoms with Gasteiger partial charge < -0.3 is 10.1 Å². The second-order valence-electron chi connectivity index (χ2n) is 6.25. The predicted octanol–water partition coefficient (Wildman–Crippen LogP) is 4.11. The van der Waals surface area contributed by atoms with Gasteiger partial charge in [0, 0.05) is 19.2 Å². The summed E-state index contributed by atoms with van der Waals surface area (Å²) in [5.74, 6) is 0.733. The molecule has 1 N–H and O–H groups in total. The maximum absolute atomic E-state index is 5.69. The fourth-order valence-corrected chi connectivity index (χ4v) is 2.86. The van der Waals surface area contributed by atoms with Crippen LogP contribution in [0.15, 0.2) is 24.3 Å². The van der Waals surface area contributed by atoms with E-state index in [4.69, 9.17) is 4.74 Å². The third kappa shape index (κ3) is 4.92. The first-order valence-electron chi connectivity index (χ1n) is 8.16. The van der Waals surface area contributed by atoms with Crippen molar-refractivity contribution in [2.45, 2.75) is 52.0 Å². The van der Waals surface area contributed by atoms with Crippen molar-refractivity contribution < 1.29 is 4.74 Å². The zero-order chi connectivity index (χ0) is 14.2. The van der Waals surface area contributed by atoms with Crippen molar-refractivity contribution in [2.24, 2.45) is 5.92 Å². The molecule has 0 amide bonds. The van der Waals surface area contributed by atoms with E-state index in [1.807, 2.05) is 0 Å². The number of hydrogen-bond donors (Lipinski definition) is 1. The molecular weight excluding hydrogens is 246 g/mol. The first-order chi connectivity index (χ1) is 9.77. The molecule has 0 radical (unpaired) electrons. The van der Waals surface area contributed by atoms with E-state index in [-0.39, 0.29) is 0 Å². The molecule has 20 heavy (non-hydrogen) atoms. The van der Waals surface area contributed by atoms with Crippen LogP contribution in [-0.2, 0) is 11.2 Å². The lowest BCUT2D eigenvalue weighted by Gasteiger charge is -2.19. The minimum atomic E-state index is 0.516. The summed E-state index contributed by atoms with van der Waals surface area (Å²) in [6.45, 7) is 7.15. The summed E-state index contributed by atoms with van der Waals surface area (Å²) in [5.41, 5.74) is 3.04. The Balaban J connectivity index is 1.75. The van der Waals surface area contributed by atoms with Gasteiger partial charge in [-0.1, -0.05) is 44.5 Å². The topological polar surface area (TPSA) is 21.3 Å². The fourth-order valence-electron chi connectivity index (χ4n) is 2.86. The van der Waals surface area contributed by atoms with E-state index in [0.29, 0.717) is 6.04 Å². The Morgan fingerprint density at radius 2 is 2.05 bits per heavy atom. The first kappa shape index (κ1) is 15.5. The van der Waals surface area contributed by atoms with Gasteiger partial charge in [-0.15, -0.1) is 0 Å². The van der Waals surface area contributed by atoms with Gasteiger partial charge in [-0.05, 0) is 42.7 Å². The largest absolute Gasteiger partial charge is 0.380 e. The summed E-state index contributed by atoms with van der Waals surface area (Å²) in [7, 11) is 0. The Hall–Kier alpha value is -0.860. The second kappa shape index (κ2) is 8.43. The molecule has 2 nitrogen and oxygen atoms in total. The lowest BCUT2D eigenvalue weighted by atomic mass is 9.99. The zero-order valence-electron chi connectivity index (χ0n) is 13.0. The van der Waals surface area contributed by atoms with E-state index in [9.17, 15) is 0 Å². The van der Waals surface area contributed by atoms with Crippen molar-refractivity contribution in [3.8, 4) is 0 Å². The van der Waals surface area contributed by atoms with E-state index < -0.39 is 0 Å². The van der Waals surface area contributed by atoms with Gasteiger partial charge in [-0.3, -0.25) is 0 Å². The third-order valence-electron chi connectivity index (χ3n) is 4.10. The summed E-state index contributed by atoms with van der Waals surface area (Å²) in [6, 6.07) is 9.42. The standard InChI is InChI=1S/C18H29NO/c1-15(2)11-13-20-14-12-19-18-10-6-4-8-16-7-3-5-9-17(16)18/h3,5,7,9,15,18-19H,4,6,8,10-14H2,1-2H3. The van der Waals surface area contributed by atoms with Gasteiger partial charge in [0.2, 0.25) is 0 Å². The summed E-state index contributed by atoms with van der Waals surface area (Å²) in [5, 5.41) is 3.68. The van der Waals surface area contributed by atoms with Crippen LogP contribution in [0.3, 0.4) is 0 Å². The lowest BCUT2D eigenvalue weighted by molar-refractivity contribution is 0.123. The molecule has 0 saturated carbocycles. The minimum Gasteiger partial charge on any atom is -0.380 e. The monoisotopic (exact) mass is 275 g/mol. The van der Waals surface area contributed by atoms with Gasteiger partial charge in [0.05, 0.1) is 6.61 Å². The molecule has 0 aromatic heterocycles. The van der Waals surface area contributed by atoms with Crippen molar-refractivity contribution in [1.82, 2.24) is 5.32 Å². The molecule has 112 valence electrons. The predicted molar refractivity (Wildman–Crippen MR) is 85.0 cm³/mol. The second-order valence-corrected chi connectivity index (χ2v) is 6.25. The van der Waals surface area contributed by atoms with Crippen LogP contribution >= 0.6 is 0 Å². The van der Waals surface area contributed by atoms with Gasteiger partial charge in [-0.2, -0.15) is 0 Å². The van der Waals surface area contributed by atoms with Crippen LogP contribution in [0.1, 0.15) is 56.7 Å². The van der Waals surface area contributed by atoms with Crippen LogP contribution in [-0.4, -0.2) is 19.8 Å². The molecule has 2 rings (SSSR count). The number of hydrogen-bond acceptors (Lipinski definition) is 2. The Morgan fingerprint density at radius 3 is 2.90 bits per heavy atom. The molecule has 1 aliphatic rings. The normalized spacial score (nSPS) is 18.9. The highest BCUT2D eigenvalue weighted by Crippen LogP contribution is 2.28. The maximum Gasteiger partial charge on any atom is 0.0591 e. The molecule has 1 aromatic carbocycles. The Morgan fingerprint density at radius 1 is 1.20 bits per heavy atom. The van der Waals surface area contributed by atoms with Crippen LogP contribution in [0.4, 0.5) is 0 Å². The average molecular weight is 275 g/mol. The Kier molecular flexibility index (Phi) is 6.55. The first-order valence-corrected chi connectivity index (χ1v) is 8.16. The van der Waals surface area contributed by atoms with Crippen molar-refractivity contribution in [1.29, 1.82) is 0 Å². The number of aryl methyl sites for hydroxylation is 1. The number of benzene rings is 1. The van der Waals surface area contributed by atoms with E-state index in [2.05, 4.69) is 43.4 Å². The molecular formula is C18H29NO. The molecule has 2 heteroatoms. The number of nitrogens with one attached hydrogen (secondary N) is 1. The molecule has 1 atom stereocenters. The summed E-state index contributed by atoms with van der Waals surface area (Å²) < 4.78 is 5.69. The number of rotatable bonds is 7. The van der Waals surface area contributed by atoms with Crippen molar-refractivity contribution in [2.75, 3.05) is 19.8 Å². The van der Waals surface area contributed by atoms with Crippen molar-refractivity contribution in [3.63, 3.8) is 0 Å². The van der Waals surface area contributed by atoms with Gasteiger partial charge in [0.15, 0.2) is 0 Å². The van der Waals surface area contributed by atoms with E-state index >= 15 is 0 Å². The van der Waals surface area contributed by atoms with Crippen LogP contribution < -0.4 is 5.32 Å².